The number of hydrogen-bond acceptors (Lipinski definition) is 4. The number of fused-ring (bicyclic) bond motifs is 1. The number of benzene rings is 2. The molecule has 2 aromatic carbocycles. The number of piperidine rings is 1. The first-order valence-electron chi connectivity index (χ1n) is 10.5. The summed E-state index contributed by atoms with van der Waals surface area (Å²) in [4.78, 5) is 22.9. The maximum absolute atomic E-state index is 13.1. The first-order chi connectivity index (χ1) is 15.0. The number of nitrogens with zero attached hydrogens (tertiary/aromatic N) is 5. The van der Waals surface area contributed by atoms with Crippen molar-refractivity contribution in [1.82, 2.24) is 29.9 Å². The topological polar surface area (TPSA) is 79.7 Å². The molecule has 0 atom stereocenters. The van der Waals surface area contributed by atoms with Gasteiger partial charge in [0.05, 0.1) is 23.8 Å². The normalized spacial score (nSPS) is 15.0. The molecule has 0 unspecified atom stereocenters. The average Bonchev–Trinajstić information content (AvgIpc) is 3.42. The highest BCUT2D eigenvalue weighted by molar-refractivity contribution is 5.92. The van der Waals surface area contributed by atoms with Gasteiger partial charge in [-0.2, -0.15) is 0 Å². The smallest absolute Gasteiger partial charge is 0.276 e. The number of carbonyl (C=O) groups excluding carboxylic acids is 1. The summed E-state index contributed by atoms with van der Waals surface area (Å²) in [6, 6.07) is 12.4. The third kappa shape index (κ3) is 4.05. The maximum Gasteiger partial charge on any atom is 0.276 e. The van der Waals surface area contributed by atoms with Crippen LogP contribution in [0, 0.1) is 12.7 Å². The van der Waals surface area contributed by atoms with E-state index in [4.69, 9.17) is 4.98 Å². The molecule has 1 amide bonds. The second-order valence-corrected chi connectivity index (χ2v) is 8.14. The fourth-order valence-electron chi connectivity index (χ4n) is 4.11. The van der Waals surface area contributed by atoms with E-state index in [2.05, 4.69) is 34.4 Å². The number of carbonyl (C=O) groups is 1. The van der Waals surface area contributed by atoms with Crippen LogP contribution in [0.5, 0.6) is 0 Å². The molecule has 7 nitrogen and oxygen atoms in total. The molecule has 31 heavy (non-hydrogen) atoms. The Morgan fingerprint density at radius 1 is 1.16 bits per heavy atom. The van der Waals surface area contributed by atoms with Crippen LogP contribution < -0.4 is 0 Å². The van der Waals surface area contributed by atoms with E-state index in [1.165, 1.54) is 17.7 Å². The Morgan fingerprint density at radius 3 is 2.71 bits per heavy atom. The zero-order valence-electron chi connectivity index (χ0n) is 17.3. The van der Waals surface area contributed by atoms with E-state index < -0.39 is 0 Å². The molecule has 1 N–H and O–H groups in total. The first-order valence-corrected chi connectivity index (χ1v) is 10.5. The van der Waals surface area contributed by atoms with Crippen LogP contribution in [0.2, 0.25) is 0 Å². The van der Waals surface area contributed by atoms with Crippen molar-refractivity contribution >= 4 is 16.9 Å². The van der Waals surface area contributed by atoms with Crippen molar-refractivity contribution in [3.8, 4) is 0 Å². The van der Waals surface area contributed by atoms with Gasteiger partial charge in [0.25, 0.3) is 5.91 Å². The Kier molecular flexibility index (Phi) is 4.97. The van der Waals surface area contributed by atoms with Crippen molar-refractivity contribution in [2.45, 2.75) is 32.2 Å². The molecule has 1 saturated heterocycles. The van der Waals surface area contributed by atoms with Crippen LogP contribution in [-0.4, -0.2) is 48.9 Å². The average molecular weight is 418 g/mol. The second-order valence-electron chi connectivity index (χ2n) is 8.14. The van der Waals surface area contributed by atoms with Gasteiger partial charge in [0, 0.05) is 19.0 Å². The molecule has 158 valence electrons. The Labute approximate surface area is 178 Å². The Morgan fingerprint density at radius 2 is 1.94 bits per heavy atom. The first kappa shape index (κ1) is 19.4. The molecule has 2 aromatic heterocycles. The van der Waals surface area contributed by atoms with Crippen molar-refractivity contribution in [2.75, 3.05) is 13.1 Å². The monoisotopic (exact) mass is 418 g/mol. The minimum Gasteiger partial charge on any atom is -0.342 e. The predicted molar refractivity (Wildman–Crippen MR) is 114 cm³/mol. The van der Waals surface area contributed by atoms with Crippen LogP contribution in [0.3, 0.4) is 0 Å². The number of likely N-dealkylation sites (tertiary alicyclic amines) is 1. The number of nitrogens with one attached hydrogen (secondary N) is 1. The van der Waals surface area contributed by atoms with Crippen LogP contribution in [-0.2, 0) is 6.54 Å². The van der Waals surface area contributed by atoms with Crippen molar-refractivity contribution in [1.29, 1.82) is 0 Å². The van der Waals surface area contributed by atoms with E-state index in [1.54, 1.807) is 23.0 Å². The Balaban J connectivity index is 1.21. The van der Waals surface area contributed by atoms with Crippen molar-refractivity contribution < 1.29 is 9.18 Å². The summed E-state index contributed by atoms with van der Waals surface area (Å²) in [6.07, 6.45) is 3.36. The third-order valence-corrected chi connectivity index (χ3v) is 5.84. The lowest BCUT2D eigenvalue weighted by atomic mass is 9.96. The summed E-state index contributed by atoms with van der Waals surface area (Å²) in [7, 11) is 0. The zero-order chi connectivity index (χ0) is 21.4. The SMILES string of the molecule is Cc1ccc2nc(C3CCN(C(=O)c4cn(Cc5ccc(F)cc5)nn4)CC3)[nH]c2c1. The van der Waals surface area contributed by atoms with Gasteiger partial charge in [-0.05, 0) is 55.2 Å². The van der Waals surface area contributed by atoms with Gasteiger partial charge in [-0.15, -0.1) is 5.10 Å². The molecule has 0 spiro atoms. The number of halogens is 1. The fraction of sp³-hybridized carbons (Fsp3) is 0.304. The van der Waals surface area contributed by atoms with E-state index in [9.17, 15) is 9.18 Å². The predicted octanol–water partition coefficient (Wildman–Crippen LogP) is 3.67. The Bertz CT molecular complexity index is 1220. The molecule has 0 bridgehead atoms. The summed E-state index contributed by atoms with van der Waals surface area (Å²) < 4.78 is 14.7. The highest BCUT2D eigenvalue weighted by Gasteiger charge is 2.27. The van der Waals surface area contributed by atoms with Gasteiger partial charge in [0.1, 0.15) is 11.6 Å². The molecule has 0 saturated carbocycles. The van der Waals surface area contributed by atoms with Crippen LogP contribution in [0.1, 0.15) is 46.2 Å². The van der Waals surface area contributed by atoms with Gasteiger partial charge in [-0.1, -0.05) is 23.4 Å². The molecule has 5 rings (SSSR count). The number of aromatic amines is 1. The molecule has 8 heteroatoms. The van der Waals surface area contributed by atoms with Gasteiger partial charge < -0.3 is 9.88 Å². The summed E-state index contributed by atoms with van der Waals surface area (Å²) in [6.45, 7) is 3.82. The number of hydrogen-bond donors (Lipinski definition) is 1. The minimum atomic E-state index is -0.278. The summed E-state index contributed by atoms with van der Waals surface area (Å²) >= 11 is 0. The van der Waals surface area contributed by atoms with Crippen molar-refractivity contribution in [3.05, 3.63) is 77.1 Å². The lowest BCUT2D eigenvalue weighted by molar-refractivity contribution is 0.0705. The van der Waals surface area contributed by atoms with Crippen molar-refractivity contribution in [3.63, 3.8) is 0 Å². The lowest BCUT2D eigenvalue weighted by Gasteiger charge is -2.30. The van der Waals surface area contributed by atoms with Gasteiger partial charge in [-0.3, -0.25) is 4.79 Å². The summed E-state index contributed by atoms with van der Waals surface area (Å²) in [5.41, 5.74) is 4.48. The third-order valence-electron chi connectivity index (χ3n) is 5.84. The standard InChI is InChI=1S/C23H23FN6O/c1-15-2-7-19-20(12-15)26-22(25-19)17-8-10-29(11-9-17)23(31)21-14-30(28-27-21)13-16-3-5-18(24)6-4-16/h2-7,12,14,17H,8-11,13H2,1H3,(H,25,26). The number of aromatic nitrogens is 5. The molecular formula is C23H23FN6O. The minimum absolute atomic E-state index is 0.107. The molecule has 1 aliphatic heterocycles. The number of amides is 1. The molecule has 1 aliphatic rings. The quantitative estimate of drug-likeness (QED) is 0.548. The van der Waals surface area contributed by atoms with Gasteiger partial charge in [0.15, 0.2) is 5.69 Å². The van der Waals surface area contributed by atoms with E-state index in [0.717, 1.165) is 35.3 Å². The largest absolute Gasteiger partial charge is 0.342 e. The van der Waals surface area contributed by atoms with E-state index >= 15 is 0 Å². The van der Waals surface area contributed by atoms with Crippen LogP contribution >= 0.6 is 0 Å². The van der Waals surface area contributed by atoms with Crippen LogP contribution in [0.25, 0.3) is 11.0 Å². The van der Waals surface area contributed by atoms with Crippen LogP contribution in [0.4, 0.5) is 4.39 Å². The van der Waals surface area contributed by atoms with E-state index in [1.807, 2.05) is 11.0 Å². The fourth-order valence-corrected chi connectivity index (χ4v) is 4.11. The molecular weight excluding hydrogens is 395 g/mol. The van der Waals surface area contributed by atoms with Crippen molar-refractivity contribution in [2.24, 2.45) is 0 Å². The lowest BCUT2D eigenvalue weighted by Crippen LogP contribution is -2.38. The molecule has 0 aliphatic carbocycles. The second kappa shape index (κ2) is 7.94. The van der Waals surface area contributed by atoms with Gasteiger partial charge in [-0.25, -0.2) is 14.1 Å². The number of aryl methyl sites for hydroxylation is 1. The molecule has 0 radical (unpaired) electrons. The van der Waals surface area contributed by atoms with Crippen LogP contribution in [0.15, 0.2) is 48.7 Å². The molecule has 1 fully saturated rings. The highest BCUT2D eigenvalue weighted by atomic mass is 19.1. The molecule has 3 heterocycles. The number of rotatable bonds is 4. The van der Waals surface area contributed by atoms with E-state index in [0.29, 0.717) is 31.2 Å². The summed E-state index contributed by atoms with van der Waals surface area (Å²) in [5.74, 6) is 0.923. The number of H-pyrrole nitrogens is 1. The summed E-state index contributed by atoms with van der Waals surface area (Å²) in [5, 5.41) is 8.10. The maximum atomic E-state index is 13.1. The molecule has 4 aromatic rings. The number of imidazole rings is 1. The Hall–Kier alpha value is -3.55. The van der Waals surface area contributed by atoms with Gasteiger partial charge >= 0.3 is 0 Å². The van der Waals surface area contributed by atoms with E-state index in [-0.39, 0.29) is 11.7 Å². The zero-order valence-corrected chi connectivity index (χ0v) is 17.3. The highest BCUT2D eigenvalue weighted by Crippen LogP contribution is 2.28. The van der Waals surface area contributed by atoms with Gasteiger partial charge in [0.2, 0.25) is 0 Å².